The van der Waals surface area contributed by atoms with Crippen molar-refractivity contribution >= 4 is 33.2 Å². The molecule has 0 aliphatic carbocycles. The minimum atomic E-state index is -3.66. The molecular formula is C25H25ClN2O3S. The summed E-state index contributed by atoms with van der Waals surface area (Å²) in [5.41, 5.74) is 2.89. The summed E-state index contributed by atoms with van der Waals surface area (Å²) in [6, 6.07) is 21.9. The normalized spacial score (nSPS) is 14.8. The highest BCUT2D eigenvalue weighted by Crippen LogP contribution is 2.27. The van der Waals surface area contributed by atoms with Gasteiger partial charge in [0.05, 0.1) is 15.5 Å². The Morgan fingerprint density at radius 1 is 0.906 bits per heavy atom. The molecule has 0 unspecified atom stereocenters. The maximum absolute atomic E-state index is 13.1. The van der Waals surface area contributed by atoms with Crippen LogP contribution in [0.2, 0.25) is 5.02 Å². The fourth-order valence-electron chi connectivity index (χ4n) is 3.89. The van der Waals surface area contributed by atoms with Crippen LogP contribution in [0.3, 0.4) is 0 Å². The van der Waals surface area contributed by atoms with Gasteiger partial charge in [-0.3, -0.25) is 4.79 Å². The minimum absolute atomic E-state index is 0.0894. The molecule has 1 heterocycles. The van der Waals surface area contributed by atoms with E-state index in [9.17, 15) is 13.2 Å². The Kier molecular flexibility index (Phi) is 6.94. The number of anilines is 1. The van der Waals surface area contributed by atoms with Crippen LogP contribution in [-0.4, -0.2) is 31.7 Å². The third kappa shape index (κ3) is 5.04. The summed E-state index contributed by atoms with van der Waals surface area (Å²) in [6.45, 7) is 0.999. The standard InChI is InChI=1S/C25H25ClN2O3S/c26-23-14-13-21(32(30,31)28-15-7-2-8-16-28)18-22(23)25(29)27-24-12-6-5-11-20(24)17-19-9-3-1-4-10-19/h1,3-6,9-14,18H,2,7-8,15-17H2,(H,27,29). The summed E-state index contributed by atoms with van der Waals surface area (Å²) < 4.78 is 27.6. The van der Waals surface area contributed by atoms with Gasteiger partial charge in [-0.1, -0.05) is 66.6 Å². The lowest BCUT2D eigenvalue weighted by Gasteiger charge is -2.26. The summed E-state index contributed by atoms with van der Waals surface area (Å²) in [4.78, 5) is 13.2. The summed E-state index contributed by atoms with van der Waals surface area (Å²) in [5, 5.41) is 3.12. The Bertz CT molecular complexity index is 1210. The van der Waals surface area contributed by atoms with Crippen LogP contribution in [0.15, 0.2) is 77.7 Å². The molecule has 1 aliphatic heterocycles. The molecule has 1 N–H and O–H groups in total. The number of rotatable bonds is 6. The average Bonchev–Trinajstić information content (AvgIpc) is 2.81. The number of para-hydroxylation sites is 1. The predicted octanol–water partition coefficient (Wildman–Crippen LogP) is 5.36. The first-order valence-electron chi connectivity index (χ1n) is 10.7. The van der Waals surface area contributed by atoms with Crippen molar-refractivity contribution in [2.75, 3.05) is 18.4 Å². The van der Waals surface area contributed by atoms with E-state index in [0.29, 0.717) is 25.2 Å². The fraction of sp³-hybridized carbons (Fsp3) is 0.240. The van der Waals surface area contributed by atoms with Crippen LogP contribution in [0.1, 0.15) is 40.7 Å². The molecule has 32 heavy (non-hydrogen) atoms. The van der Waals surface area contributed by atoms with Gasteiger partial charge in [-0.25, -0.2) is 8.42 Å². The van der Waals surface area contributed by atoms with Crippen molar-refractivity contribution < 1.29 is 13.2 Å². The van der Waals surface area contributed by atoms with Crippen molar-refractivity contribution in [3.63, 3.8) is 0 Å². The van der Waals surface area contributed by atoms with Crippen LogP contribution in [0.4, 0.5) is 5.69 Å². The quantitative estimate of drug-likeness (QED) is 0.529. The first-order valence-corrected chi connectivity index (χ1v) is 12.5. The number of piperidine rings is 1. The monoisotopic (exact) mass is 468 g/mol. The Morgan fingerprint density at radius 3 is 2.34 bits per heavy atom. The molecular weight excluding hydrogens is 444 g/mol. The fourth-order valence-corrected chi connectivity index (χ4v) is 5.64. The van der Waals surface area contributed by atoms with Crippen LogP contribution >= 0.6 is 11.6 Å². The molecule has 4 rings (SSSR count). The second-order valence-electron chi connectivity index (χ2n) is 7.88. The Balaban J connectivity index is 1.59. The SMILES string of the molecule is O=C(Nc1ccccc1Cc1ccccc1)c1cc(S(=O)(=O)N2CCCCC2)ccc1Cl. The van der Waals surface area contributed by atoms with Crippen molar-refractivity contribution in [2.45, 2.75) is 30.6 Å². The van der Waals surface area contributed by atoms with Crippen LogP contribution in [0, 0.1) is 0 Å². The second kappa shape index (κ2) is 9.86. The Morgan fingerprint density at radius 2 is 1.59 bits per heavy atom. The van der Waals surface area contributed by atoms with E-state index in [0.717, 1.165) is 30.4 Å². The van der Waals surface area contributed by atoms with E-state index in [1.165, 1.54) is 22.5 Å². The van der Waals surface area contributed by atoms with Crippen LogP contribution in [0.5, 0.6) is 0 Å². The van der Waals surface area contributed by atoms with Crippen LogP contribution in [0.25, 0.3) is 0 Å². The maximum Gasteiger partial charge on any atom is 0.257 e. The number of amides is 1. The molecule has 3 aromatic carbocycles. The van der Waals surface area contributed by atoms with Gasteiger partial charge in [-0.2, -0.15) is 4.31 Å². The second-order valence-corrected chi connectivity index (χ2v) is 10.2. The van der Waals surface area contributed by atoms with E-state index in [2.05, 4.69) is 5.32 Å². The molecule has 1 amide bonds. The summed E-state index contributed by atoms with van der Waals surface area (Å²) in [6.07, 6.45) is 3.38. The van der Waals surface area contributed by atoms with E-state index >= 15 is 0 Å². The zero-order valence-corrected chi connectivity index (χ0v) is 19.2. The maximum atomic E-state index is 13.1. The van der Waals surface area contributed by atoms with Gasteiger partial charge >= 0.3 is 0 Å². The summed E-state index contributed by atoms with van der Waals surface area (Å²) >= 11 is 6.29. The number of halogens is 1. The Labute approximate surface area is 194 Å². The van der Waals surface area contributed by atoms with E-state index in [4.69, 9.17) is 11.6 Å². The predicted molar refractivity (Wildman–Crippen MR) is 128 cm³/mol. The van der Waals surface area contributed by atoms with Crippen molar-refractivity contribution in [1.82, 2.24) is 4.31 Å². The topological polar surface area (TPSA) is 66.5 Å². The smallest absolute Gasteiger partial charge is 0.257 e. The molecule has 1 fully saturated rings. The average molecular weight is 469 g/mol. The molecule has 7 heteroatoms. The number of nitrogens with zero attached hydrogens (tertiary/aromatic N) is 1. The van der Waals surface area contributed by atoms with Crippen LogP contribution < -0.4 is 5.32 Å². The molecule has 1 aliphatic rings. The lowest BCUT2D eigenvalue weighted by Crippen LogP contribution is -2.35. The van der Waals surface area contributed by atoms with Crippen LogP contribution in [-0.2, 0) is 16.4 Å². The highest BCUT2D eigenvalue weighted by atomic mass is 35.5. The molecule has 3 aromatic rings. The summed E-state index contributed by atoms with van der Waals surface area (Å²) in [7, 11) is -3.66. The molecule has 0 saturated carbocycles. The van der Waals surface area contributed by atoms with Gasteiger partial charge in [0.25, 0.3) is 5.91 Å². The van der Waals surface area contributed by atoms with Crippen molar-refractivity contribution in [2.24, 2.45) is 0 Å². The minimum Gasteiger partial charge on any atom is -0.322 e. The third-order valence-electron chi connectivity index (χ3n) is 5.64. The zero-order valence-electron chi connectivity index (χ0n) is 17.6. The third-order valence-corrected chi connectivity index (χ3v) is 7.86. The first kappa shape index (κ1) is 22.5. The molecule has 0 aromatic heterocycles. The largest absolute Gasteiger partial charge is 0.322 e. The molecule has 166 valence electrons. The molecule has 0 spiro atoms. The number of nitrogens with one attached hydrogen (secondary N) is 1. The van der Waals surface area contributed by atoms with Crippen molar-refractivity contribution in [1.29, 1.82) is 0 Å². The molecule has 1 saturated heterocycles. The van der Waals surface area contributed by atoms with E-state index in [1.54, 1.807) is 0 Å². The number of benzene rings is 3. The molecule has 5 nitrogen and oxygen atoms in total. The summed E-state index contributed by atoms with van der Waals surface area (Å²) in [5.74, 6) is -0.439. The van der Waals surface area contributed by atoms with Gasteiger partial charge in [0, 0.05) is 18.8 Å². The number of sulfonamides is 1. The van der Waals surface area contributed by atoms with Gasteiger partial charge in [-0.15, -0.1) is 0 Å². The van der Waals surface area contributed by atoms with E-state index < -0.39 is 15.9 Å². The highest BCUT2D eigenvalue weighted by Gasteiger charge is 2.27. The lowest BCUT2D eigenvalue weighted by molar-refractivity contribution is 0.102. The molecule has 0 radical (unpaired) electrons. The van der Waals surface area contributed by atoms with E-state index in [-0.39, 0.29) is 15.5 Å². The van der Waals surface area contributed by atoms with Crippen molar-refractivity contribution in [3.8, 4) is 0 Å². The van der Waals surface area contributed by atoms with Crippen molar-refractivity contribution in [3.05, 3.63) is 94.5 Å². The molecule has 0 bridgehead atoms. The first-order chi connectivity index (χ1) is 15.4. The number of hydrogen-bond donors (Lipinski definition) is 1. The Hall–Kier alpha value is -2.67. The van der Waals surface area contributed by atoms with Gasteiger partial charge in [0.2, 0.25) is 10.0 Å². The van der Waals surface area contributed by atoms with Gasteiger partial charge < -0.3 is 5.32 Å². The lowest BCUT2D eigenvalue weighted by atomic mass is 10.0. The van der Waals surface area contributed by atoms with E-state index in [1.807, 2.05) is 54.6 Å². The van der Waals surface area contributed by atoms with Gasteiger partial charge in [0.1, 0.15) is 0 Å². The highest BCUT2D eigenvalue weighted by molar-refractivity contribution is 7.89. The number of carbonyl (C=O) groups is 1. The van der Waals surface area contributed by atoms with Gasteiger partial charge in [-0.05, 0) is 54.7 Å². The number of hydrogen-bond acceptors (Lipinski definition) is 3. The zero-order chi connectivity index (χ0) is 22.6. The number of carbonyl (C=O) groups excluding carboxylic acids is 1. The van der Waals surface area contributed by atoms with Gasteiger partial charge in [0.15, 0.2) is 0 Å². The molecule has 0 atom stereocenters.